The van der Waals surface area contributed by atoms with Crippen LogP contribution in [0.3, 0.4) is 0 Å². The summed E-state index contributed by atoms with van der Waals surface area (Å²) < 4.78 is 9.26. The average Bonchev–Trinajstić information content (AvgIpc) is 2.45. The lowest BCUT2D eigenvalue weighted by Crippen LogP contribution is -2.11. The van der Waals surface area contributed by atoms with E-state index in [-0.39, 0.29) is 17.8 Å². The number of hydrogen-bond donors (Lipinski definition) is 1. The van der Waals surface area contributed by atoms with Crippen LogP contribution in [0.1, 0.15) is 17.9 Å². The van der Waals surface area contributed by atoms with E-state index in [2.05, 4.69) is 23.8 Å². The fourth-order valence-electron chi connectivity index (χ4n) is 1.55. The number of benzene rings is 2. The van der Waals surface area contributed by atoms with Gasteiger partial charge in [-0.3, -0.25) is 4.72 Å². The first-order chi connectivity index (χ1) is 8.90. The monoisotopic (exact) mass is 295 g/mol. The Labute approximate surface area is 125 Å². The van der Waals surface area contributed by atoms with E-state index in [1.54, 1.807) is 11.9 Å². The van der Waals surface area contributed by atoms with Crippen LogP contribution in [0, 0.1) is 0 Å². The Balaban J connectivity index is 0.00000180. The molecule has 102 valence electrons. The fraction of sp³-hybridized carbons (Fsp3) is 0.200. The van der Waals surface area contributed by atoms with Crippen LogP contribution in [0.5, 0.6) is 5.75 Å². The molecule has 2 rings (SSSR count). The summed E-state index contributed by atoms with van der Waals surface area (Å²) in [7, 11) is 0. The maximum Gasteiger partial charge on any atom is 0.183 e. The topological polar surface area (TPSA) is 21.3 Å². The van der Waals surface area contributed by atoms with Gasteiger partial charge in [0, 0.05) is 12.1 Å². The van der Waals surface area contributed by atoms with Crippen LogP contribution in [0.2, 0.25) is 0 Å². The van der Waals surface area contributed by atoms with Gasteiger partial charge in [-0.05, 0) is 24.1 Å². The maximum absolute atomic E-state index is 6.00. The van der Waals surface area contributed by atoms with Crippen LogP contribution < -0.4 is 9.46 Å². The Kier molecular flexibility index (Phi) is 7.41. The van der Waals surface area contributed by atoms with Crippen LogP contribution in [0.15, 0.2) is 60.7 Å². The number of hydrogen-bond acceptors (Lipinski definition) is 3. The molecule has 0 saturated carbocycles. The molecule has 0 saturated heterocycles. The summed E-state index contributed by atoms with van der Waals surface area (Å²) in [4.78, 5) is 0. The smallest absolute Gasteiger partial charge is 0.183 e. The summed E-state index contributed by atoms with van der Waals surface area (Å²) in [5.74, 6) is 0.886. The zero-order valence-electron chi connectivity index (χ0n) is 10.8. The number of halogens is 1. The summed E-state index contributed by atoms with van der Waals surface area (Å²) in [6, 6.07) is 20.1. The van der Waals surface area contributed by atoms with Crippen molar-refractivity contribution < 1.29 is 4.74 Å². The molecule has 0 aromatic heterocycles. The molecule has 1 N–H and O–H groups in total. The van der Waals surface area contributed by atoms with E-state index in [1.807, 2.05) is 48.5 Å². The van der Waals surface area contributed by atoms with E-state index in [1.165, 1.54) is 0 Å². The zero-order valence-corrected chi connectivity index (χ0v) is 12.4. The third-order valence-electron chi connectivity index (χ3n) is 2.39. The van der Waals surface area contributed by atoms with Gasteiger partial charge in [0.15, 0.2) is 5.44 Å². The first-order valence-electron chi connectivity index (χ1n) is 6.05. The minimum absolute atomic E-state index is 0. The molecule has 2 nitrogen and oxygen atoms in total. The highest BCUT2D eigenvalue weighted by molar-refractivity contribution is 7.97. The summed E-state index contributed by atoms with van der Waals surface area (Å²) in [6.45, 7) is 2.99. The lowest BCUT2D eigenvalue weighted by molar-refractivity contribution is 0.294. The molecule has 4 heteroatoms. The van der Waals surface area contributed by atoms with Crippen molar-refractivity contribution in [3.63, 3.8) is 0 Å². The van der Waals surface area contributed by atoms with Gasteiger partial charge in [-0.1, -0.05) is 55.5 Å². The molecule has 0 aliphatic rings. The fourth-order valence-corrected chi connectivity index (χ4v) is 2.32. The second-order valence-electron chi connectivity index (χ2n) is 3.79. The SMILES string of the molecule is CCNSC(Oc1ccccc1)c1ccccc1.Cl. The molecule has 2 aromatic carbocycles. The van der Waals surface area contributed by atoms with E-state index in [0.717, 1.165) is 17.9 Å². The zero-order chi connectivity index (χ0) is 12.6. The van der Waals surface area contributed by atoms with Crippen molar-refractivity contribution >= 4 is 24.4 Å². The Hall–Kier alpha value is -1.16. The molecular formula is C15H18ClNOS. The Morgan fingerprint density at radius 3 is 2.16 bits per heavy atom. The predicted molar refractivity (Wildman–Crippen MR) is 84.8 cm³/mol. The predicted octanol–water partition coefficient (Wildman–Crippen LogP) is 4.44. The first-order valence-corrected chi connectivity index (χ1v) is 6.93. The van der Waals surface area contributed by atoms with Crippen LogP contribution in [-0.2, 0) is 0 Å². The molecule has 0 amide bonds. The van der Waals surface area contributed by atoms with Crippen molar-refractivity contribution in [3.8, 4) is 5.75 Å². The lowest BCUT2D eigenvalue weighted by atomic mass is 10.2. The largest absolute Gasteiger partial charge is 0.474 e. The Morgan fingerprint density at radius 1 is 1.00 bits per heavy atom. The van der Waals surface area contributed by atoms with Gasteiger partial charge < -0.3 is 4.74 Å². The van der Waals surface area contributed by atoms with Gasteiger partial charge in [0.05, 0.1) is 0 Å². The quantitative estimate of drug-likeness (QED) is 0.629. The van der Waals surface area contributed by atoms with Gasteiger partial charge >= 0.3 is 0 Å². The van der Waals surface area contributed by atoms with Crippen LogP contribution in [0.25, 0.3) is 0 Å². The van der Waals surface area contributed by atoms with Gasteiger partial charge in [0.2, 0.25) is 0 Å². The molecule has 19 heavy (non-hydrogen) atoms. The van der Waals surface area contributed by atoms with Crippen molar-refractivity contribution in [1.82, 2.24) is 4.72 Å². The van der Waals surface area contributed by atoms with Gasteiger partial charge in [0.25, 0.3) is 0 Å². The molecule has 1 atom stereocenters. The number of nitrogens with one attached hydrogen (secondary N) is 1. The van der Waals surface area contributed by atoms with Crippen LogP contribution in [-0.4, -0.2) is 6.54 Å². The standard InChI is InChI=1S/C15H17NOS.ClH/c1-2-16-18-15(13-9-5-3-6-10-13)17-14-11-7-4-8-12-14;/h3-12,15-16H,2H2,1H3;1H. The normalized spacial score (nSPS) is 11.4. The third kappa shape index (κ3) is 5.15. The Morgan fingerprint density at radius 2 is 1.58 bits per heavy atom. The number of para-hydroxylation sites is 1. The van der Waals surface area contributed by atoms with Crippen LogP contribution in [0.4, 0.5) is 0 Å². The van der Waals surface area contributed by atoms with Gasteiger partial charge in [0.1, 0.15) is 5.75 Å². The van der Waals surface area contributed by atoms with E-state index in [9.17, 15) is 0 Å². The summed E-state index contributed by atoms with van der Waals surface area (Å²) in [6.07, 6.45) is 0. The second kappa shape index (κ2) is 8.86. The van der Waals surface area contributed by atoms with Crippen molar-refractivity contribution in [2.75, 3.05) is 6.54 Å². The molecule has 2 aromatic rings. The van der Waals surface area contributed by atoms with Gasteiger partial charge in [-0.15, -0.1) is 12.4 Å². The first kappa shape index (κ1) is 15.9. The van der Waals surface area contributed by atoms with E-state index in [4.69, 9.17) is 4.74 Å². The molecule has 1 unspecified atom stereocenters. The van der Waals surface area contributed by atoms with Crippen molar-refractivity contribution in [3.05, 3.63) is 66.2 Å². The number of ether oxygens (including phenoxy) is 1. The summed E-state index contributed by atoms with van der Waals surface area (Å²) >= 11 is 1.60. The molecule has 0 radical (unpaired) electrons. The van der Waals surface area contributed by atoms with Crippen molar-refractivity contribution in [2.24, 2.45) is 0 Å². The van der Waals surface area contributed by atoms with E-state index >= 15 is 0 Å². The second-order valence-corrected chi connectivity index (χ2v) is 4.74. The maximum atomic E-state index is 6.00. The molecule has 0 heterocycles. The van der Waals surface area contributed by atoms with E-state index in [0.29, 0.717) is 0 Å². The highest BCUT2D eigenvalue weighted by atomic mass is 35.5. The van der Waals surface area contributed by atoms with Crippen LogP contribution >= 0.6 is 24.4 Å². The minimum Gasteiger partial charge on any atom is -0.474 e. The Bertz CT molecular complexity index is 452. The molecule has 0 bridgehead atoms. The average molecular weight is 296 g/mol. The summed E-state index contributed by atoms with van der Waals surface area (Å²) in [5.41, 5.74) is 1.13. The molecule has 0 aliphatic carbocycles. The van der Waals surface area contributed by atoms with Gasteiger partial charge in [-0.25, -0.2) is 0 Å². The molecular weight excluding hydrogens is 278 g/mol. The minimum atomic E-state index is -0.0338. The lowest BCUT2D eigenvalue weighted by Gasteiger charge is -2.18. The number of rotatable bonds is 6. The highest BCUT2D eigenvalue weighted by Crippen LogP contribution is 2.29. The molecule has 0 spiro atoms. The van der Waals surface area contributed by atoms with Crippen molar-refractivity contribution in [1.29, 1.82) is 0 Å². The summed E-state index contributed by atoms with van der Waals surface area (Å²) in [5, 5.41) is 0. The third-order valence-corrected chi connectivity index (χ3v) is 3.43. The molecule has 0 fully saturated rings. The van der Waals surface area contributed by atoms with Crippen molar-refractivity contribution in [2.45, 2.75) is 12.4 Å². The van der Waals surface area contributed by atoms with E-state index < -0.39 is 0 Å². The highest BCUT2D eigenvalue weighted by Gasteiger charge is 2.13. The molecule has 0 aliphatic heterocycles. The van der Waals surface area contributed by atoms with Gasteiger partial charge in [-0.2, -0.15) is 0 Å².